The molecule has 0 unspecified atom stereocenters. The van der Waals surface area contributed by atoms with Gasteiger partial charge in [-0.2, -0.15) is 0 Å². The van der Waals surface area contributed by atoms with E-state index in [4.69, 9.17) is 9.47 Å². The fourth-order valence-electron chi connectivity index (χ4n) is 2.10. The molecule has 1 saturated heterocycles. The van der Waals surface area contributed by atoms with E-state index < -0.39 is 10.8 Å². The maximum atomic E-state index is 11.3. The second-order valence-corrected chi connectivity index (χ2v) is 6.03. The van der Waals surface area contributed by atoms with Gasteiger partial charge in [-0.15, -0.1) is 0 Å². The molecule has 1 aliphatic heterocycles. The van der Waals surface area contributed by atoms with Crippen molar-refractivity contribution in [3.63, 3.8) is 0 Å². The van der Waals surface area contributed by atoms with Crippen LogP contribution in [-0.2, 0) is 10.8 Å². The summed E-state index contributed by atoms with van der Waals surface area (Å²) < 4.78 is 21.8. The lowest BCUT2D eigenvalue weighted by Crippen LogP contribution is -2.29. The standard InChI is InChI=1S/C13H19NO3S/c1-16-12-4-3-11(9-13(12)17-2)14-10-5-7-18(15)8-6-10/h3-4,9-10,14H,5-8H2,1-2H3. The molecule has 0 spiro atoms. The minimum absolute atomic E-state index is 0.404. The molecule has 1 aromatic rings. The van der Waals surface area contributed by atoms with Crippen molar-refractivity contribution in [2.75, 3.05) is 31.0 Å². The molecule has 1 heterocycles. The molecular formula is C13H19NO3S. The van der Waals surface area contributed by atoms with E-state index in [0.29, 0.717) is 6.04 Å². The topological polar surface area (TPSA) is 47.6 Å². The quantitative estimate of drug-likeness (QED) is 0.908. The summed E-state index contributed by atoms with van der Waals surface area (Å²) in [6.45, 7) is 0. The van der Waals surface area contributed by atoms with Gasteiger partial charge in [0.2, 0.25) is 0 Å². The summed E-state index contributed by atoms with van der Waals surface area (Å²) in [4.78, 5) is 0. The Morgan fingerprint density at radius 2 is 1.83 bits per heavy atom. The largest absolute Gasteiger partial charge is 0.493 e. The van der Waals surface area contributed by atoms with Crippen LogP contribution in [0.5, 0.6) is 11.5 Å². The highest BCUT2D eigenvalue weighted by atomic mass is 32.2. The summed E-state index contributed by atoms with van der Waals surface area (Å²) >= 11 is 0. The predicted octanol–water partition coefficient (Wildman–Crippen LogP) is 2.03. The van der Waals surface area contributed by atoms with Gasteiger partial charge in [-0.3, -0.25) is 4.21 Å². The molecule has 100 valence electrons. The maximum Gasteiger partial charge on any atom is 0.162 e. The van der Waals surface area contributed by atoms with Crippen LogP contribution >= 0.6 is 0 Å². The van der Waals surface area contributed by atoms with Gasteiger partial charge in [0.05, 0.1) is 14.2 Å². The molecule has 1 aliphatic rings. The Morgan fingerprint density at radius 3 is 2.44 bits per heavy atom. The highest BCUT2D eigenvalue weighted by Crippen LogP contribution is 2.30. The first-order valence-electron chi connectivity index (χ1n) is 6.06. The SMILES string of the molecule is COc1ccc(NC2CCS(=O)CC2)cc1OC. The van der Waals surface area contributed by atoms with Gasteiger partial charge in [-0.1, -0.05) is 0 Å². The average Bonchev–Trinajstić information content (AvgIpc) is 2.41. The summed E-state index contributed by atoms with van der Waals surface area (Å²) in [5.74, 6) is 3.05. The third kappa shape index (κ3) is 3.16. The van der Waals surface area contributed by atoms with Gasteiger partial charge >= 0.3 is 0 Å². The van der Waals surface area contributed by atoms with Crippen molar-refractivity contribution >= 4 is 16.5 Å². The van der Waals surface area contributed by atoms with Crippen molar-refractivity contribution < 1.29 is 13.7 Å². The first-order chi connectivity index (χ1) is 8.72. The Bertz CT molecular complexity index is 426. The van der Waals surface area contributed by atoms with E-state index in [1.807, 2.05) is 18.2 Å². The normalized spacial score (nSPS) is 23.4. The van der Waals surface area contributed by atoms with Gasteiger partial charge < -0.3 is 14.8 Å². The first-order valence-corrected chi connectivity index (χ1v) is 7.55. The van der Waals surface area contributed by atoms with Gasteiger partial charge in [0, 0.05) is 40.1 Å². The van der Waals surface area contributed by atoms with Crippen molar-refractivity contribution in [3.8, 4) is 11.5 Å². The lowest BCUT2D eigenvalue weighted by Gasteiger charge is -2.24. The molecule has 0 radical (unpaired) electrons. The minimum atomic E-state index is -0.615. The van der Waals surface area contributed by atoms with Crippen LogP contribution < -0.4 is 14.8 Å². The zero-order chi connectivity index (χ0) is 13.0. The minimum Gasteiger partial charge on any atom is -0.493 e. The van der Waals surface area contributed by atoms with Crippen LogP contribution in [0.25, 0.3) is 0 Å². The van der Waals surface area contributed by atoms with E-state index in [9.17, 15) is 4.21 Å². The van der Waals surface area contributed by atoms with E-state index in [2.05, 4.69) is 5.32 Å². The van der Waals surface area contributed by atoms with Gasteiger partial charge in [0.25, 0.3) is 0 Å². The summed E-state index contributed by atoms with van der Waals surface area (Å²) in [7, 11) is 2.64. The molecule has 1 fully saturated rings. The van der Waals surface area contributed by atoms with Crippen LogP contribution in [0.15, 0.2) is 18.2 Å². The molecule has 0 amide bonds. The number of ether oxygens (including phenoxy) is 2. The second kappa shape index (κ2) is 6.09. The van der Waals surface area contributed by atoms with Crippen molar-refractivity contribution in [3.05, 3.63) is 18.2 Å². The molecule has 0 atom stereocenters. The van der Waals surface area contributed by atoms with E-state index >= 15 is 0 Å². The molecule has 0 bridgehead atoms. The van der Waals surface area contributed by atoms with Crippen molar-refractivity contribution in [2.24, 2.45) is 0 Å². The molecule has 0 aromatic heterocycles. The molecule has 5 heteroatoms. The number of nitrogens with one attached hydrogen (secondary N) is 1. The number of anilines is 1. The van der Waals surface area contributed by atoms with Crippen molar-refractivity contribution in [2.45, 2.75) is 18.9 Å². The maximum absolute atomic E-state index is 11.3. The monoisotopic (exact) mass is 269 g/mol. The molecule has 0 saturated carbocycles. The van der Waals surface area contributed by atoms with Gasteiger partial charge in [0.1, 0.15) is 0 Å². The van der Waals surface area contributed by atoms with Crippen molar-refractivity contribution in [1.29, 1.82) is 0 Å². The van der Waals surface area contributed by atoms with E-state index in [1.165, 1.54) is 0 Å². The predicted molar refractivity (Wildman–Crippen MR) is 74.1 cm³/mol. The van der Waals surface area contributed by atoms with E-state index in [0.717, 1.165) is 41.5 Å². The smallest absolute Gasteiger partial charge is 0.162 e. The molecule has 4 nitrogen and oxygen atoms in total. The zero-order valence-corrected chi connectivity index (χ0v) is 11.6. The fraction of sp³-hybridized carbons (Fsp3) is 0.538. The van der Waals surface area contributed by atoms with E-state index in [1.54, 1.807) is 14.2 Å². The highest BCUT2D eigenvalue weighted by Gasteiger charge is 2.17. The first kappa shape index (κ1) is 13.2. The summed E-state index contributed by atoms with van der Waals surface area (Å²) in [5, 5.41) is 3.46. The summed E-state index contributed by atoms with van der Waals surface area (Å²) in [6.07, 6.45) is 1.92. The molecular weight excluding hydrogens is 250 g/mol. The van der Waals surface area contributed by atoms with Gasteiger partial charge in [0.15, 0.2) is 11.5 Å². The van der Waals surface area contributed by atoms with Gasteiger partial charge in [-0.25, -0.2) is 0 Å². The molecule has 1 N–H and O–H groups in total. The number of benzene rings is 1. The van der Waals surface area contributed by atoms with Crippen molar-refractivity contribution in [1.82, 2.24) is 0 Å². The Balaban J connectivity index is 2.03. The number of hydrogen-bond donors (Lipinski definition) is 1. The number of hydrogen-bond acceptors (Lipinski definition) is 4. The van der Waals surface area contributed by atoms with Crippen LogP contribution in [0.3, 0.4) is 0 Å². The lowest BCUT2D eigenvalue weighted by atomic mass is 10.1. The number of rotatable bonds is 4. The third-order valence-corrected chi connectivity index (χ3v) is 4.52. The molecule has 2 rings (SSSR count). The fourth-order valence-corrected chi connectivity index (χ4v) is 3.40. The van der Waals surface area contributed by atoms with Gasteiger partial charge in [-0.05, 0) is 25.0 Å². The highest BCUT2D eigenvalue weighted by molar-refractivity contribution is 7.85. The summed E-state index contributed by atoms with van der Waals surface area (Å²) in [5.41, 5.74) is 1.02. The van der Waals surface area contributed by atoms with E-state index in [-0.39, 0.29) is 0 Å². The molecule has 0 aliphatic carbocycles. The van der Waals surface area contributed by atoms with Crippen LogP contribution in [0.1, 0.15) is 12.8 Å². The zero-order valence-electron chi connectivity index (χ0n) is 10.8. The average molecular weight is 269 g/mol. The van der Waals surface area contributed by atoms with Crippen LogP contribution in [0.4, 0.5) is 5.69 Å². The van der Waals surface area contributed by atoms with Crippen LogP contribution in [-0.4, -0.2) is 36.0 Å². The molecule has 18 heavy (non-hydrogen) atoms. The number of methoxy groups -OCH3 is 2. The molecule has 1 aromatic carbocycles. The van der Waals surface area contributed by atoms with Crippen LogP contribution in [0.2, 0.25) is 0 Å². The Kier molecular flexibility index (Phi) is 4.47. The third-order valence-electron chi connectivity index (χ3n) is 3.14. The Hall–Kier alpha value is -1.23. The Labute approximate surface area is 110 Å². The summed E-state index contributed by atoms with van der Waals surface area (Å²) in [6, 6.07) is 6.21. The lowest BCUT2D eigenvalue weighted by molar-refractivity contribution is 0.355. The second-order valence-electron chi connectivity index (χ2n) is 4.34. The van der Waals surface area contributed by atoms with Crippen LogP contribution in [0, 0.1) is 0 Å². The Morgan fingerprint density at radius 1 is 1.17 bits per heavy atom.